The van der Waals surface area contributed by atoms with Gasteiger partial charge in [-0.3, -0.25) is 9.78 Å². The molecule has 32 heavy (non-hydrogen) atoms. The minimum Gasteiger partial charge on any atom is -0.497 e. The summed E-state index contributed by atoms with van der Waals surface area (Å²) in [6, 6.07) is 20.5. The van der Waals surface area contributed by atoms with Gasteiger partial charge in [-0.1, -0.05) is 30.3 Å². The Morgan fingerprint density at radius 3 is 2.50 bits per heavy atom. The summed E-state index contributed by atoms with van der Waals surface area (Å²) in [4.78, 5) is 21.8. The Morgan fingerprint density at radius 2 is 1.81 bits per heavy atom. The van der Waals surface area contributed by atoms with Gasteiger partial charge in [0.25, 0.3) is 5.91 Å². The summed E-state index contributed by atoms with van der Waals surface area (Å²) in [7, 11) is 1.62. The lowest BCUT2D eigenvalue weighted by atomic mass is 10.2. The summed E-state index contributed by atoms with van der Waals surface area (Å²) in [5.74, 6) is 1.77. The molecule has 0 aliphatic carbocycles. The van der Waals surface area contributed by atoms with E-state index in [1.54, 1.807) is 44.6 Å². The van der Waals surface area contributed by atoms with Crippen molar-refractivity contribution in [2.24, 2.45) is 0 Å². The highest BCUT2D eigenvalue weighted by Gasteiger charge is 2.23. The Balaban J connectivity index is 1.58. The molecule has 0 bridgehead atoms. The zero-order valence-electron chi connectivity index (χ0n) is 17.8. The minimum atomic E-state index is -0.762. The first-order chi connectivity index (χ1) is 15.6. The second-order valence-corrected chi connectivity index (χ2v) is 7.03. The standard InChI is InChI=1S/C24H23N5O3/c1-17(32-21-8-4-3-5-9-21)23(30)29-24(26-15-18-10-12-20(31-2)13-11-18)27-22(28-29)19-7-6-14-25-16-19/h3-14,16-17H,15H2,1-2H3,(H,26,27,28). The molecule has 1 unspecified atom stereocenters. The van der Waals surface area contributed by atoms with Gasteiger partial charge in [0.05, 0.1) is 7.11 Å². The van der Waals surface area contributed by atoms with Gasteiger partial charge in [-0.2, -0.15) is 9.67 Å². The monoisotopic (exact) mass is 429 g/mol. The van der Waals surface area contributed by atoms with E-state index in [2.05, 4.69) is 20.4 Å². The highest BCUT2D eigenvalue weighted by molar-refractivity contribution is 5.85. The second kappa shape index (κ2) is 9.74. The van der Waals surface area contributed by atoms with Crippen LogP contribution in [0, 0.1) is 0 Å². The van der Waals surface area contributed by atoms with Gasteiger partial charge in [-0.05, 0) is 48.9 Å². The molecule has 2 aromatic heterocycles. The van der Waals surface area contributed by atoms with E-state index in [4.69, 9.17) is 9.47 Å². The van der Waals surface area contributed by atoms with Crippen LogP contribution in [0.5, 0.6) is 11.5 Å². The third-order valence-electron chi connectivity index (χ3n) is 4.75. The SMILES string of the molecule is COc1ccc(CNc2nc(-c3cccnc3)nn2C(=O)C(C)Oc2ccccc2)cc1. The van der Waals surface area contributed by atoms with Gasteiger partial charge in [0, 0.05) is 24.5 Å². The van der Waals surface area contributed by atoms with Gasteiger partial charge in [0.2, 0.25) is 5.95 Å². The van der Waals surface area contributed by atoms with Gasteiger partial charge in [0.15, 0.2) is 11.9 Å². The molecule has 0 spiro atoms. The first kappa shape index (κ1) is 21.0. The molecule has 1 atom stereocenters. The number of pyridine rings is 1. The van der Waals surface area contributed by atoms with Crippen molar-refractivity contribution in [3.05, 3.63) is 84.7 Å². The third kappa shape index (κ3) is 4.92. The van der Waals surface area contributed by atoms with Crippen LogP contribution < -0.4 is 14.8 Å². The number of aromatic nitrogens is 4. The predicted molar refractivity (Wildman–Crippen MR) is 121 cm³/mol. The molecule has 0 aliphatic heterocycles. The summed E-state index contributed by atoms with van der Waals surface area (Å²) in [6.07, 6.45) is 2.56. The largest absolute Gasteiger partial charge is 0.497 e. The number of anilines is 1. The number of hydrogen-bond acceptors (Lipinski definition) is 7. The molecule has 8 nitrogen and oxygen atoms in total. The van der Waals surface area contributed by atoms with Crippen LogP contribution in [-0.4, -0.2) is 38.9 Å². The number of benzene rings is 2. The molecule has 0 saturated carbocycles. The van der Waals surface area contributed by atoms with Gasteiger partial charge < -0.3 is 14.8 Å². The summed E-state index contributed by atoms with van der Waals surface area (Å²) in [6.45, 7) is 2.14. The molecule has 4 rings (SSSR count). The second-order valence-electron chi connectivity index (χ2n) is 7.03. The molecule has 0 fully saturated rings. The van der Waals surface area contributed by atoms with Crippen molar-refractivity contribution in [3.63, 3.8) is 0 Å². The lowest BCUT2D eigenvalue weighted by molar-refractivity contribution is 0.0713. The fourth-order valence-electron chi connectivity index (χ4n) is 3.05. The van der Waals surface area contributed by atoms with Crippen LogP contribution in [0.15, 0.2) is 79.1 Å². The Bertz CT molecular complexity index is 1160. The number of carbonyl (C=O) groups excluding carboxylic acids is 1. The van der Waals surface area contributed by atoms with Crippen LogP contribution in [0.25, 0.3) is 11.4 Å². The van der Waals surface area contributed by atoms with Crippen molar-refractivity contribution in [2.75, 3.05) is 12.4 Å². The molecule has 0 amide bonds. The van der Waals surface area contributed by atoms with Crippen molar-refractivity contribution >= 4 is 11.9 Å². The fourth-order valence-corrected chi connectivity index (χ4v) is 3.05. The number of hydrogen-bond donors (Lipinski definition) is 1. The first-order valence-corrected chi connectivity index (χ1v) is 10.1. The zero-order chi connectivity index (χ0) is 22.3. The molecule has 0 aliphatic rings. The number of ether oxygens (including phenoxy) is 2. The summed E-state index contributed by atoms with van der Waals surface area (Å²) in [5, 5.41) is 7.64. The van der Waals surface area contributed by atoms with Crippen molar-refractivity contribution in [2.45, 2.75) is 19.6 Å². The highest BCUT2D eigenvalue weighted by atomic mass is 16.5. The average Bonchev–Trinajstić information content (AvgIpc) is 3.28. The molecular formula is C24H23N5O3. The molecule has 162 valence electrons. The van der Waals surface area contributed by atoms with Crippen LogP contribution in [0.2, 0.25) is 0 Å². The smallest absolute Gasteiger partial charge is 0.290 e. The quantitative estimate of drug-likeness (QED) is 0.451. The van der Waals surface area contributed by atoms with Crippen LogP contribution in [0.1, 0.15) is 17.3 Å². The zero-order valence-corrected chi connectivity index (χ0v) is 17.8. The lowest BCUT2D eigenvalue weighted by Gasteiger charge is -2.14. The van der Waals surface area contributed by atoms with E-state index in [0.29, 0.717) is 29.6 Å². The van der Waals surface area contributed by atoms with Gasteiger partial charge in [-0.25, -0.2) is 0 Å². The van der Waals surface area contributed by atoms with Crippen molar-refractivity contribution in [3.8, 4) is 22.9 Å². The van der Waals surface area contributed by atoms with E-state index in [9.17, 15) is 4.79 Å². The van der Waals surface area contributed by atoms with Gasteiger partial charge in [0.1, 0.15) is 11.5 Å². The minimum absolute atomic E-state index is 0.327. The molecule has 2 heterocycles. The number of methoxy groups -OCH3 is 1. The first-order valence-electron chi connectivity index (χ1n) is 10.1. The van der Waals surface area contributed by atoms with Crippen molar-refractivity contribution in [1.29, 1.82) is 0 Å². The van der Waals surface area contributed by atoms with Gasteiger partial charge in [-0.15, -0.1) is 5.10 Å². The topological polar surface area (TPSA) is 91.2 Å². The molecule has 1 N–H and O–H groups in total. The number of carbonyl (C=O) groups is 1. The Hall–Kier alpha value is -4.20. The van der Waals surface area contributed by atoms with Crippen LogP contribution in [0.3, 0.4) is 0 Å². The van der Waals surface area contributed by atoms with E-state index in [-0.39, 0.29) is 5.91 Å². The summed E-state index contributed by atoms with van der Waals surface area (Å²) >= 11 is 0. The molecule has 4 aromatic rings. The normalized spacial score (nSPS) is 11.6. The lowest BCUT2D eigenvalue weighted by Crippen LogP contribution is -2.31. The molecule has 0 radical (unpaired) electrons. The van der Waals surface area contributed by atoms with E-state index in [1.807, 2.05) is 48.5 Å². The van der Waals surface area contributed by atoms with Gasteiger partial charge >= 0.3 is 0 Å². The fraction of sp³-hybridized carbons (Fsp3) is 0.167. The number of nitrogens with one attached hydrogen (secondary N) is 1. The van der Waals surface area contributed by atoms with Crippen molar-refractivity contribution in [1.82, 2.24) is 19.7 Å². The third-order valence-corrected chi connectivity index (χ3v) is 4.75. The van der Waals surface area contributed by atoms with Crippen molar-refractivity contribution < 1.29 is 14.3 Å². The van der Waals surface area contributed by atoms with Crippen LogP contribution in [-0.2, 0) is 6.54 Å². The Kier molecular flexibility index (Phi) is 6.41. The van der Waals surface area contributed by atoms with E-state index in [0.717, 1.165) is 11.3 Å². The summed E-state index contributed by atoms with van der Waals surface area (Å²) < 4.78 is 12.2. The maximum absolute atomic E-state index is 13.2. The maximum atomic E-state index is 13.2. The molecule has 8 heteroatoms. The van der Waals surface area contributed by atoms with Crippen LogP contribution >= 0.6 is 0 Å². The number of nitrogens with zero attached hydrogens (tertiary/aromatic N) is 4. The Morgan fingerprint density at radius 1 is 1.03 bits per heavy atom. The molecular weight excluding hydrogens is 406 g/mol. The number of rotatable bonds is 8. The Labute approximate surface area is 185 Å². The summed E-state index contributed by atoms with van der Waals surface area (Å²) in [5.41, 5.74) is 1.72. The van der Waals surface area contributed by atoms with E-state index in [1.165, 1.54) is 4.68 Å². The van der Waals surface area contributed by atoms with E-state index < -0.39 is 6.10 Å². The molecule has 0 saturated heterocycles. The predicted octanol–water partition coefficient (Wildman–Crippen LogP) is 4.07. The maximum Gasteiger partial charge on any atom is 0.290 e. The average molecular weight is 429 g/mol. The van der Waals surface area contributed by atoms with Crippen LogP contribution in [0.4, 0.5) is 5.95 Å². The molecule has 2 aromatic carbocycles. The highest BCUT2D eigenvalue weighted by Crippen LogP contribution is 2.20. The van der Waals surface area contributed by atoms with E-state index >= 15 is 0 Å². The number of para-hydroxylation sites is 1.